The average molecular weight is 356 g/mol. The third kappa shape index (κ3) is 3.71. The molecule has 10 atom stereocenters. The van der Waals surface area contributed by atoms with Crippen molar-refractivity contribution in [3.05, 3.63) is 0 Å². The van der Waals surface area contributed by atoms with Crippen LogP contribution in [0.15, 0.2) is 0 Å². The van der Waals surface area contributed by atoms with E-state index in [1.165, 1.54) is 7.11 Å². The third-order valence-corrected chi connectivity index (χ3v) is 4.22. The summed E-state index contributed by atoms with van der Waals surface area (Å²) in [6, 6.07) is 0. The van der Waals surface area contributed by atoms with Crippen molar-refractivity contribution in [2.45, 2.75) is 61.4 Å². The molecular formula is C13H24O11. The minimum Gasteiger partial charge on any atom is -0.394 e. The molecule has 0 amide bonds. The Kier molecular flexibility index (Phi) is 6.87. The molecule has 7 N–H and O–H groups in total. The van der Waals surface area contributed by atoms with E-state index >= 15 is 0 Å². The molecule has 2 aliphatic rings. The fourth-order valence-corrected chi connectivity index (χ4v) is 2.84. The van der Waals surface area contributed by atoms with E-state index in [0.717, 1.165) is 0 Å². The Bertz CT molecular complexity index is 394. The summed E-state index contributed by atoms with van der Waals surface area (Å²) < 4.78 is 20.4. The van der Waals surface area contributed by atoms with Gasteiger partial charge in [0.1, 0.15) is 48.8 Å². The molecule has 0 aromatic rings. The summed E-state index contributed by atoms with van der Waals surface area (Å²) in [4.78, 5) is 0. The Balaban J connectivity index is 2.12. The highest BCUT2D eigenvalue weighted by Crippen LogP contribution is 2.29. The summed E-state index contributed by atoms with van der Waals surface area (Å²) in [7, 11) is 1.27. The smallest absolute Gasteiger partial charge is 0.187 e. The van der Waals surface area contributed by atoms with E-state index < -0.39 is 74.6 Å². The number of aliphatic hydroxyl groups excluding tert-OH is 7. The quantitative estimate of drug-likeness (QED) is 0.251. The van der Waals surface area contributed by atoms with Crippen molar-refractivity contribution in [1.82, 2.24) is 0 Å². The van der Waals surface area contributed by atoms with Gasteiger partial charge in [-0.3, -0.25) is 0 Å². The fourth-order valence-electron chi connectivity index (χ4n) is 2.84. The van der Waals surface area contributed by atoms with Crippen molar-refractivity contribution < 1.29 is 54.7 Å². The van der Waals surface area contributed by atoms with Crippen LogP contribution in [0.25, 0.3) is 0 Å². The Morgan fingerprint density at radius 2 is 1.38 bits per heavy atom. The van der Waals surface area contributed by atoms with Crippen LogP contribution >= 0.6 is 0 Å². The molecule has 142 valence electrons. The zero-order chi connectivity index (χ0) is 18.0. The summed E-state index contributed by atoms with van der Waals surface area (Å²) in [5.41, 5.74) is 0. The third-order valence-electron chi connectivity index (χ3n) is 4.22. The van der Waals surface area contributed by atoms with E-state index in [1.807, 2.05) is 0 Å². The van der Waals surface area contributed by atoms with Gasteiger partial charge in [0.05, 0.1) is 13.2 Å². The minimum atomic E-state index is -1.73. The van der Waals surface area contributed by atoms with Crippen molar-refractivity contribution in [2.24, 2.45) is 0 Å². The number of rotatable bonds is 5. The van der Waals surface area contributed by atoms with Crippen molar-refractivity contribution >= 4 is 0 Å². The van der Waals surface area contributed by atoms with Gasteiger partial charge in [-0.05, 0) is 0 Å². The molecule has 11 heteroatoms. The van der Waals surface area contributed by atoms with Gasteiger partial charge < -0.3 is 54.7 Å². The average Bonchev–Trinajstić information content (AvgIpc) is 2.58. The van der Waals surface area contributed by atoms with Crippen LogP contribution < -0.4 is 0 Å². The van der Waals surface area contributed by atoms with Gasteiger partial charge in [-0.1, -0.05) is 0 Å². The Morgan fingerprint density at radius 3 is 1.92 bits per heavy atom. The zero-order valence-corrected chi connectivity index (χ0v) is 13.0. The Morgan fingerprint density at radius 1 is 0.750 bits per heavy atom. The molecule has 11 nitrogen and oxygen atoms in total. The summed E-state index contributed by atoms with van der Waals surface area (Å²) in [5.74, 6) is 0. The minimum absolute atomic E-state index is 0.539. The summed E-state index contributed by atoms with van der Waals surface area (Å²) in [5, 5.41) is 68.1. The summed E-state index contributed by atoms with van der Waals surface area (Å²) >= 11 is 0. The van der Waals surface area contributed by atoms with Gasteiger partial charge in [0.2, 0.25) is 0 Å². The molecule has 0 aliphatic carbocycles. The van der Waals surface area contributed by atoms with E-state index in [0.29, 0.717) is 0 Å². The molecule has 2 fully saturated rings. The monoisotopic (exact) mass is 356 g/mol. The van der Waals surface area contributed by atoms with Gasteiger partial charge in [-0.25, -0.2) is 0 Å². The molecule has 0 saturated carbocycles. The predicted octanol–water partition coefficient (Wildman–Crippen LogP) is -4.74. The molecule has 0 bridgehead atoms. The molecular weight excluding hydrogens is 332 g/mol. The van der Waals surface area contributed by atoms with E-state index in [4.69, 9.17) is 24.1 Å². The van der Waals surface area contributed by atoms with E-state index in [2.05, 4.69) is 0 Å². The van der Waals surface area contributed by atoms with Crippen LogP contribution in [0, 0.1) is 0 Å². The number of aliphatic hydroxyl groups is 7. The number of hydrogen-bond donors (Lipinski definition) is 7. The van der Waals surface area contributed by atoms with Crippen LogP contribution in [0.5, 0.6) is 0 Å². The first kappa shape index (κ1) is 19.9. The van der Waals surface area contributed by atoms with Gasteiger partial charge >= 0.3 is 0 Å². The molecule has 2 rings (SSSR count). The van der Waals surface area contributed by atoms with Gasteiger partial charge in [0.25, 0.3) is 0 Å². The van der Waals surface area contributed by atoms with Crippen LogP contribution in [0.1, 0.15) is 0 Å². The molecule has 2 heterocycles. The van der Waals surface area contributed by atoms with Crippen LogP contribution in [0.3, 0.4) is 0 Å². The molecule has 2 aliphatic heterocycles. The van der Waals surface area contributed by atoms with Gasteiger partial charge in [-0.2, -0.15) is 0 Å². The van der Waals surface area contributed by atoms with Gasteiger partial charge in [0.15, 0.2) is 12.6 Å². The molecule has 0 aromatic heterocycles. The van der Waals surface area contributed by atoms with Gasteiger partial charge in [0, 0.05) is 7.11 Å². The van der Waals surface area contributed by atoms with Crippen molar-refractivity contribution in [3.8, 4) is 0 Å². The summed E-state index contributed by atoms with van der Waals surface area (Å²) in [6.07, 6.45) is -14.3. The predicted molar refractivity (Wildman–Crippen MR) is 73.4 cm³/mol. The largest absolute Gasteiger partial charge is 0.394 e. The second-order valence-electron chi connectivity index (χ2n) is 5.74. The molecule has 0 spiro atoms. The normalized spacial score (nSPS) is 50.0. The van der Waals surface area contributed by atoms with Crippen LogP contribution in [0.2, 0.25) is 0 Å². The maximum atomic E-state index is 10.1. The fraction of sp³-hybridized carbons (Fsp3) is 1.00. The number of ether oxygens (including phenoxy) is 4. The topological polar surface area (TPSA) is 179 Å². The Hall–Kier alpha value is -0.440. The molecule has 24 heavy (non-hydrogen) atoms. The standard InChI is InChI=1S/C13H24O11/c1-21-10-5(3-15)23-13(8(18)7(10)17)24-11-6(16)4(2-14)22-12(20)9(11)19/h4-20H,2-3H2,1H3/t4?,5?,6?,7?,8?,9?,10-,11+,12-,13+/m1/s1. The second kappa shape index (κ2) is 8.29. The lowest BCUT2D eigenvalue weighted by atomic mass is 9.97. The Labute approximate surface area is 137 Å². The molecule has 0 aromatic carbocycles. The maximum absolute atomic E-state index is 10.1. The summed E-state index contributed by atoms with van der Waals surface area (Å²) in [6.45, 7) is -1.19. The van der Waals surface area contributed by atoms with Crippen molar-refractivity contribution in [1.29, 1.82) is 0 Å². The first-order chi connectivity index (χ1) is 11.3. The van der Waals surface area contributed by atoms with E-state index in [-0.39, 0.29) is 0 Å². The van der Waals surface area contributed by atoms with Gasteiger partial charge in [-0.15, -0.1) is 0 Å². The van der Waals surface area contributed by atoms with Crippen LogP contribution in [-0.4, -0.2) is 117 Å². The zero-order valence-electron chi connectivity index (χ0n) is 13.0. The lowest BCUT2D eigenvalue weighted by Crippen LogP contribution is -2.64. The number of hydrogen-bond acceptors (Lipinski definition) is 11. The van der Waals surface area contributed by atoms with E-state index in [9.17, 15) is 30.6 Å². The molecule has 0 radical (unpaired) electrons. The molecule has 2 saturated heterocycles. The van der Waals surface area contributed by atoms with Crippen molar-refractivity contribution in [3.63, 3.8) is 0 Å². The van der Waals surface area contributed by atoms with E-state index in [1.54, 1.807) is 0 Å². The lowest BCUT2D eigenvalue weighted by molar-refractivity contribution is -0.356. The highest BCUT2D eigenvalue weighted by Gasteiger charge is 2.50. The van der Waals surface area contributed by atoms with Crippen LogP contribution in [0.4, 0.5) is 0 Å². The highest BCUT2D eigenvalue weighted by atomic mass is 16.7. The first-order valence-electron chi connectivity index (χ1n) is 7.46. The number of methoxy groups -OCH3 is 1. The second-order valence-corrected chi connectivity index (χ2v) is 5.74. The lowest BCUT2D eigenvalue weighted by Gasteiger charge is -2.45. The maximum Gasteiger partial charge on any atom is 0.187 e. The highest BCUT2D eigenvalue weighted by molar-refractivity contribution is 4.94. The molecule has 6 unspecified atom stereocenters. The first-order valence-corrected chi connectivity index (χ1v) is 7.46. The van der Waals surface area contributed by atoms with Crippen LogP contribution in [-0.2, 0) is 18.9 Å². The van der Waals surface area contributed by atoms with Crippen molar-refractivity contribution in [2.75, 3.05) is 20.3 Å². The SMILES string of the molecule is CO[C@@H]1C(CO)O[C@@H](O[C@H]2C(O)C(CO)O[C@@H](O)C2O)C(O)C1O.